The Morgan fingerprint density at radius 2 is 2.15 bits per heavy atom. The first-order chi connectivity index (χ1) is 6.16. The zero-order valence-corrected chi connectivity index (χ0v) is 6.68. The van der Waals surface area contributed by atoms with E-state index in [2.05, 4.69) is 0 Å². The fraction of sp³-hybridized carbons (Fsp3) is 0.125. The molecule has 1 aromatic rings. The Morgan fingerprint density at radius 1 is 1.54 bits per heavy atom. The van der Waals surface area contributed by atoms with Crippen LogP contribution in [-0.2, 0) is 0 Å². The Bertz CT molecular complexity index is 370. The molecular weight excluding hydrogens is 170 g/mol. The number of hydrogen-bond donors (Lipinski definition) is 1. The van der Waals surface area contributed by atoms with Crippen LogP contribution in [0.3, 0.4) is 0 Å². The van der Waals surface area contributed by atoms with E-state index in [0.717, 1.165) is 0 Å². The summed E-state index contributed by atoms with van der Waals surface area (Å²) in [7, 11) is 0. The lowest BCUT2D eigenvalue weighted by Gasteiger charge is -2.02. The first kappa shape index (κ1) is 9.16. The molecule has 0 radical (unpaired) electrons. The Balaban J connectivity index is 3.21. The van der Waals surface area contributed by atoms with E-state index >= 15 is 0 Å². The van der Waals surface area contributed by atoms with E-state index in [4.69, 9.17) is 11.0 Å². The summed E-state index contributed by atoms with van der Waals surface area (Å²) in [5.74, 6) is 0. The molecule has 0 amide bonds. The van der Waals surface area contributed by atoms with Crippen LogP contribution in [0.15, 0.2) is 24.3 Å². The smallest absolute Gasteiger partial charge is 0.275 e. The summed E-state index contributed by atoms with van der Waals surface area (Å²) in [6, 6.07) is 6.76. The van der Waals surface area contributed by atoms with Gasteiger partial charge in [-0.3, -0.25) is 10.1 Å². The Morgan fingerprint density at radius 3 is 2.69 bits per heavy atom. The topological polar surface area (TPSA) is 93.0 Å². The zero-order chi connectivity index (χ0) is 9.84. The number of para-hydroxylation sites is 1. The summed E-state index contributed by atoms with van der Waals surface area (Å²) >= 11 is 0. The molecule has 1 atom stereocenters. The molecule has 5 heteroatoms. The van der Waals surface area contributed by atoms with Gasteiger partial charge in [-0.25, -0.2) is 0 Å². The van der Waals surface area contributed by atoms with Gasteiger partial charge in [0.1, 0.15) is 6.04 Å². The van der Waals surface area contributed by atoms with Gasteiger partial charge in [0.25, 0.3) is 5.69 Å². The Hall–Kier alpha value is -1.93. The van der Waals surface area contributed by atoms with Gasteiger partial charge in [0.15, 0.2) is 0 Å². The third kappa shape index (κ3) is 1.80. The van der Waals surface area contributed by atoms with Crippen LogP contribution in [0.2, 0.25) is 0 Å². The number of nitro groups is 1. The van der Waals surface area contributed by atoms with Gasteiger partial charge in [-0.05, 0) is 6.07 Å². The quantitative estimate of drug-likeness (QED) is 0.541. The molecule has 0 aliphatic heterocycles. The molecule has 0 fully saturated rings. The molecule has 0 heterocycles. The third-order valence-electron chi connectivity index (χ3n) is 1.61. The van der Waals surface area contributed by atoms with Crippen LogP contribution < -0.4 is 5.73 Å². The maximum absolute atomic E-state index is 10.5. The summed E-state index contributed by atoms with van der Waals surface area (Å²) in [6.45, 7) is 0. The number of nitrogens with two attached hydrogens (primary N) is 1. The molecule has 13 heavy (non-hydrogen) atoms. The van der Waals surface area contributed by atoms with Gasteiger partial charge in [-0.15, -0.1) is 0 Å². The highest BCUT2D eigenvalue weighted by Crippen LogP contribution is 2.22. The molecule has 0 spiro atoms. The van der Waals surface area contributed by atoms with E-state index in [-0.39, 0.29) is 11.3 Å². The predicted molar refractivity (Wildman–Crippen MR) is 45.6 cm³/mol. The maximum Gasteiger partial charge on any atom is 0.275 e. The van der Waals surface area contributed by atoms with Crippen molar-refractivity contribution in [3.05, 3.63) is 39.9 Å². The number of nitrogens with zero attached hydrogens (tertiary/aromatic N) is 2. The van der Waals surface area contributed by atoms with Gasteiger partial charge in [0.05, 0.1) is 16.6 Å². The molecule has 1 aromatic carbocycles. The minimum absolute atomic E-state index is 0.114. The summed E-state index contributed by atoms with van der Waals surface area (Å²) in [6.07, 6.45) is 0. The number of hydrogen-bond acceptors (Lipinski definition) is 4. The molecular formula is C8H7N3O2. The van der Waals surface area contributed by atoms with Gasteiger partial charge < -0.3 is 5.73 Å². The van der Waals surface area contributed by atoms with Gasteiger partial charge in [-0.2, -0.15) is 5.26 Å². The van der Waals surface area contributed by atoms with Gasteiger partial charge in [-0.1, -0.05) is 12.1 Å². The van der Waals surface area contributed by atoms with Crippen LogP contribution in [0, 0.1) is 21.4 Å². The fourth-order valence-corrected chi connectivity index (χ4v) is 0.986. The van der Waals surface area contributed by atoms with Crippen molar-refractivity contribution in [3.63, 3.8) is 0 Å². The van der Waals surface area contributed by atoms with E-state index in [9.17, 15) is 10.1 Å². The normalized spacial score (nSPS) is 11.7. The lowest BCUT2D eigenvalue weighted by Crippen LogP contribution is -2.09. The van der Waals surface area contributed by atoms with Gasteiger partial charge >= 0.3 is 0 Å². The molecule has 0 aromatic heterocycles. The van der Waals surface area contributed by atoms with Crippen LogP contribution in [0.5, 0.6) is 0 Å². The first-order valence-corrected chi connectivity index (χ1v) is 3.55. The second-order valence-corrected chi connectivity index (χ2v) is 2.42. The monoisotopic (exact) mass is 177 g/mol. The van der Waals surface area contributed by atoms with E-state index in [1.165, 1.54) is 18.2 Å². The van der Waals surface area contributed by atoms with Gasteiger partial charge in [0, 0.05) is 6.07 Å². The minimum Gasteiger partial charge on any atom is -0.312 e. The van der Waals surface area contributed by atoms with Crippen molar-refractivity contribution in [2.45, 2.75) is 6.04 Å². The van der Waals surface area contributed by atoms with E-state index in [1.807, 2.05) is 0 Å². The van der Waals surface area contributed by atoms with Crippen LogP contribution >= 0.6 is 0 Å². The van der Waals surface area contributed by atoms with E-state index < -0.39 is 11.0 Å². The predicted octanol–water partition coefficient (Wildman–Crippen LogP) is 1.12. The third-order valence-corrected chi connectivity index (χ3v) is 1.61. The highest BCUT2D eigenvalue weighted by atomic mass is 16.6. The number of nitro benzene ring substituents is 1. The number of nitriles is 1. The maximum atomic E-state index is 10.5. The number of rotatable bonds is 2. The summed E-state index contributed by atoms with van der Waals surface area (Å²) < 4.78 is 0. The summed E-state index contributed by atoms with van der Waals surface area (Å²) in [5.41, 5.74) is 5.50. The standard InChI is InChI=1S/C8H7N3O2/c9-5-7(10)6-3-1-2-4-8(6)11(12)13/h1-4,7H,10H2. The van der Waals surface area contributed by atoms with Crippen molar-refractivity contribution < 1.29 is 4.92 Å². The molecule has 5 nitrogen and oxygen atoms in total. The van der Waals surface area contributed by atoms with Crippen LogP contribution in [0.4, 0.5) is 5.69 Å². The Kier molecular flexibility index (Phi) is 2.57. The first-order valence-electron chi connectivity index (χ1n) is 3.55. The molecule has 1 rings (SSSR count). The van der Waals surface area contributed by atoms with Crippen LogP contribution in [-0.4, -0.2) is 4.92 Å². The second-order valence-electron chi connectivity index (χ2n) is 2.42. The lowest BCUT2D eigenvalue weighted by atomic mass is 10.1. The van der Waals surface area contributed by atoms with Crippen molar-refractivity contribution in [2.75, 3.05) is 0 Å². The van der Waals surface area contributed by atoms with Crippen LogP contribution in [0.25, 0.3) is 0 Å². The van der Waals surface area contributed by atoms with Crippen molar-refractivity contribution >= 4 is 5.69 Å². The molecule has 0 bridgehead atoms. The number of benzene rings is 1. The molecule has 66 valence electrons. The lowest BCUT2D eigenvalue weighted by molar-refractivity contribution is -0.385. The zero-order valence-electron chi connectivity index (χ0n) is 6.68. The molecule has 0 aliphatic carbocycles. The summed E-state index contributed by atoms with van der Waals surface area (Å²) in [4.78, 5) is 9.93. The molecule has 2 N–H and O–H groups in total. The van der Waals surface area contributed by atoms with E-state index in [0.29, 0.717) is 0 Å². The van der Waals surface area contributed by atoms with Crippen molar-refractivity contribution in [2.24, 2.45) is 5.73 Å². The minimum atomic E-state index is -0.943. The van der Waals surface area contributed by atoms with Crippen LogP contribution in [0.1, 0.15) is 11.6 Å². The largest absolute Gasteiger partial charge is 0.312 e. The van der Waals surface area contributed by atoms with Crippen molar-refractivity contribution in [3.8, 4) is 6.07 Å². The van der Waals surface area contributed by atoms with Gasteiger partial charge in [0.2, 0.25) is 0 Å². The average Bonchev–Trinajstić information content (AvgIpc) is 2.16. The highest BCUT2D eigenvalue weighted by Gasteiger charge is 2.17. The van der Waals surface area contributed by atoms with E-state index in [1.54, 1.807) is 12.1 Å². The Labute approximate surface area is 74.5 Å². The summed E-state index contributed by atoms with van der Waals surface area (Å²) in [5, 5.41) is 19.0. The average molecular weight is 177 g/mol. The fourth-order valence-electron chi connectivity index (χ4n) is 0.986. The SMILES string of the molecule is N#CC(N)c1ccccc1[N+](=O)[O-]. The van der Waals surface area contributed by atoms with Crippen molar-refractivity contribution in [1.29, 1.82) is 5.26 Å². The molecule has 1 unspecified atom stereocenters. The van der Waals surface area contributed by atoms with Crippen molar-refractivity contribution in [1.82, 2.24) is 0 Å². The highest BCUT2D eigenvalue weighted by molar-refractivity contribution is 5.43. The molecule has 0 saturated carbocycles. The second kappa shape index (κ2) is 3.65. The molecule has 0 aliphatic rings. The molecule has 0 saturated heterocycles.